The number of hydrogen-bond acceptors (Lipinski definition) is 4. The van der Waals surface area contributed by atoms with Gasteiger partial charge in [-0.3, -0.25) is 4.79 Å². The van der Waals surface area contributed by atoms with Gasteiger partial charge in [0.2, 0.25) is 0 Å². The molecule has 20 heavy (non-hydrogen) atoms. The standard InChI is InChI=1S/C14H21FN2O3/c1-9(7-19-3)17-14(18)8-20-13-6-11(15)4-5-12(13)10(2)16/h4-6,9-10H,7-8,16H2,1-3H3,(H,17,18)/t9?,10-/m0/s1. The molecular formula is C14H21FN2O3. The van der Waals surface area contributed by atoms with E-state index < -0.39 is 5.82 Å². The monoisotopic (exact) mass is 284 g/mol. The van der Waals surface area contributed by atoms with E-state index in [4.69, 9.17) is 15.2 Å². The van der Waals surface area contributed by atoms with E-state index >= 15 is 0 Å². The first-order chi connectivity index (χ1) is 9.43. The summed E-state index contributed by atoms with van der Waals surface area (Å²) in [5.74, 6) is -0.443. The fourth-order valence-electron chi connectivity index (χ4n) is 1.76. The van der Waals surface area contributed by atoms with Crippen LogP contribution in [0.15, 0.2) is 18.2 Å². The van der Waals surface area contributed by atoms with Gasteiger partial charge in [0.1, 0.15) is 11.6 Å². The zero-order valence-corrected chi connectivity index (χ0v) is 12.0. The fraction of sp³-hybridized carbons (Fsp3) is 0.500. The molecule has 1 rings (SSSR count). The third-order valence-corrected chi connectivity index (χ3v) is 2.65. The van der Waals surface area contributed by atoms with Crippen molar-refractivity contribution in [3.8, 4) is 5.75 Å². The van der Waals surface area contributed by atoms with E-state index in [1.54, 1.807) is 20.1 Å². The molecule has 0 fully saturated rings. The van der Waals surface area contributed by atoms with Crippen LogP contribution in [0, 0.1) is 5.82 Å². The van der Waals surface area contributed by atoms with Gasteiger partial charge in [-0.15, -0.1) is 0 Å². The minimum absolute atomic E-state index is 0.114. The maximum Gasteiger partial charge on any atom is 0.258 e. The molecule has 112 valence electrons. The highest BCUT2D eigenvalue weighted by atomic mass is 19.1. The second-order valence-corrected chi connectivity index (χ2v) is 4.68. The summed E-state index contributed by atoms with van der Waals surface area (Å²) in [6.45, 7) is 3.80. The molecule has 0 spiro atoms. The number of nitrogens with one attached hydrogen (secondary N) is 1. The SMILES string of the molecule is COCC(C)NC(=O)COc1cc(F)ccc1[C@H](C)N. The number of amides is 1. The van der Waals surface area contributed by atoms with Crippen LogP contribution in [0.1, 0.15) is 25.5 Å². The zero-order chi connectivity index (χ0) is 15.1. The smallest absolute Gasteiger partial charge is 0.258 e. The first-order valence-electron chi connectivity index (χ1n) is 6.40. The highest BCUT2D eigenvalue weighted by Crippen LogP contribution is 2.24. The van der Waals surface area contributed by atoms with Crippen LogP contribution in [0.3, 0.4) is 0 Å². The molecule has 1 unspecified atom stereocenters. The summed E-state index contributed by atoms with van der Waals surface area (Å²) in [6, 6.07) is 3.68. The molecule has 2 atom stereocenters. The number of ether oxygens (including phenoxy) is 2. The van der Waals surface area contributed by atoms with Gasteiger partial charge in [-0.1, -0.05) is 6.07 Å². The molecule has 1 aromatic rings. The summed E-state index contributed by atoms with van der Waals surface area (Å²) >= 11 is 0. The van der Waals surface area contributed by atoms with E-state index in [1.165, 1.54) is 12.1 Å². The highest BCUT2D eigenvalue weighted by Gasteiger charge is 2.12. The largest absolute Gasteiger partial charge is 0.483 e. The maximum absolute atomic E-state index is 13.2. The van der Waals surface area contributed by atoms with Crippen LogP contribution < -0.4 is 15.8 Å². The lowest BCUT2D eigenvalue weighted by Gasteiger charge is -2.16. The van der Waals surface area contributed by atoms with Crippen molar-refractivity contribution in [3.05, 3.63) is 29.6 Å². The van der Waals surface area contributed by atoms with Gasteiger partial charge in [0, 0.05) is 30.8 Å². The Morgan fingerprint density at radius 1 is 1.45 bits per heavy atom. The van der Waals surface area contributed by atoms with E-state index in [9.17, 15) is 9.18 Å². The van der Waals surface area contributed by atoms with Gasteiger partial charge in [-0.25, -0.2) is 4.39 Å². The summed E-state index contributed by atoms with van der Waals surface area (Å²) in [7, 11) is 1.56. The lowest BCUT2D eigenvalue weighted by molar-refractivity contribution is -0.124. The van der Waals surface area contributed by atoms with Crippen LogP contribution in [0.4, 0.5) is 4.39 Å². The average molecular weight is 284 g/mol. The Hall–Kier alpha value is -1.66. The van der Waals surface area contributed by atoms with Crippen LogP contribution in [0.2, 0.25) is 0 Å². The zero-order valence-electron chi connectivity index (χ0n) is 12.0. The van der Waals surface area contributed by atoms with Crippen LogP contribution in [-0.4, -0.2) is 32.3 Å². The number of hydrogen-bond donors (Lipinski definition) is 2. The van der Waals surface area contributed by atoms with E-state index in [0.717, 1.165) is 0 Å². The molecule has 0 aromatic heterocycles. The summed E-state index contributed by atoms with van der Waals surface area (Å²) in [5, 5.41) is 2.70. The van der Waals surface area contributed by atoms with Crippen LogP contribution in [0.5, 0.6) is 5.75 Å². The predicted octanol–water partition coefficient (Wildman–Crippen LogP) is 1.38. The van der Waals surface area contributed by atoms with Crippen molar-refractivity contribution in [1.82, 2.24) is 5.32 Å². The number of nitrogens with two attached hydrogens (primary N) is 1. The second-order valence-electron chi connectivity index (χ2n) is 4.68. The van der Waals surface area contributed by atoms with Crippen LogP contribution in [0.25, 0.3) is 0 Å². The Balaban J connectivity index is 2.61. The third-order valence-electron chi connectivity index (χ3n) is 2.65. The fourth-order valence-corrected chi connectivity index (χ4v) is 1.76. The van der Waals surface area contributed by atoms with E-state index in [2.05, 4.69) is 5.32 Å². The van der Waals surface area contributed by atoms with Gasteiger partial charge < -0.3 is 20.5 Å². The summed E-state index contributed by atoms with van der Waals surface area (Å²) in [5.41, 5.74) is 6.43. The summed E-state index contributed by atoms with van der Waals surface area (Å²) in [6.07, 6.45) is 0. The predicted molar refractivity (Wildman–Crippen MR) is 74.0 cm³/mol. The molecule has 0 aliphatic heterocycles. The first kappa shape index (κ1) is 16.4. The van der Waals surface area contributed by atoms with Crippen molar-refractivity contribution in [2.45, 2.75) is 25.9 Å². The summed E-state index contributed by atoms with van der Waals surface area (Å²) < 4.78 is 23.5. The highest BCUT2D eigenvalue weighted by molar-refractivity contribution is 5.77. The van der Waals surface area contributed by atoms with Crippen LogP contribution >= 0.6 is 0 Å². The molecule has 0 heterocycles. The van der Waals surface area contributed by atoms with Gasteiger partial charge in [0.05, 0.1) is 6.61 Å². The third kappa shape index (κ3) is 5.14. The van der Waals surface area contributed by atoms with E-state index in [1.807, 2.05) is 6.92 Å². The molecule has 0 bridgehead atoms. The minimum Gasteiger partial charge on any atom is -0.483 e. The molecule has 0 aliphatic carbocycles. The number of halogens is 1. The molecular weight excluding hydrogens is 263 g/mol. The minimum atomic E-state index is -0.433. The lowest BCUT2D eigenvalue weighted by Crippen LogP contribution is -2.38. The van der Waals surface area contributed by atoms with Gasteiger partial charge in [-0.2, -0.15) is 0 Å². The first-order valence-corrected chi connectivity index (χ1v) is 6.40. The molecule has 0 aliphatic rings. The Kier molecular flexibility index (Phi) is 6.41. The van der Waals surface area contributed by atoms with Crippen molar-refractivity contribution < 1.29 is 18.7 Å². The molecule has 0 saturated carbocycles. The lowest BCUT2D eigenvalue weighted by atomic mass is 10.1. The van der Waals surface area contributed by atoms with E-state index in [-0.39, 0.29) is 30.3 Å². The molecule has 6 heteroatoms. The van der Waals surface area contributed by atoms with Crippen molar-refractivity contribution in [3.63, 3.8) is 0 Å². The topological polar surface area (TPSA) is 73.6 Å². The normalized spacial score (nSPS) is 13.7. The Morgan fingerprint density at radius 3 is 2.75 bits per heavy atom. The number of rotatable bonds is 7. The van der Waals surface area contributed by atoms with Gasteiger partial charge in [-0.05, 0) is 19.9 Å². The van der Waals surface area contributed by atoms with E-state index in [0.29, 0.717) is 12.2 Å². The molecule has 1 aromatic carbocycles. The summed E-state index contributed by atoms with van der Waals surface area (Å²) in [4.78, 5) is 11.7. The van der Waals surface area contributed by atoms with Gasteiger partial charge in [0.15, 0.2) is 6.61 Å². The number of methoxy groups -OCH3 is 1. The van der Waals surface area contributed by atoms with Crippen molar-refractivity contribution in [1.29, 1.82) is 0 Å². The maximum atomic E-state index is 13.2. The number of carbonyl (C=O) groups is 1. The molecule has 5 nitrogen and oxygen atoms in total. The van der Waals surface area contributed by atoms with Gasteiger partial charge >= 0.3 is 0 Å². The molecule has 3 N–H and O–H groups in total. The van der Waals surface area contributed by atoms with Crippen LogP contribution in [-0.2, 0) is 9.53 Å². The van der Waals surface area contributed by atoms with Crippen molar-refractivity contribution in [2.24, 2.45) is 5.73 Å². The Morgan fingerprint density at radius 2 is 2.15 bits per heavy atom. The Bertz CT molecular complexity index is 452. The number of benzene rings is 1. The molecule has 1 amide bonds. The average Bonchev–Trinajstić information content (AvgIpc) is 2.36. The quantitative estimate of drug-likeness (QED) is 0.793. The van der Waals surface area contributed by atoms with Gasteiger partial charge in [0.25, 0.3) is 5.91 Å². The van der Waals surface area contributed by atoms with Crippen molar-refractivity contribution >= 4 is 5.91 Å². The molecule has 0 saturated heterocycles. The number of carbonyl (C=O) groups excluding carboxylic acids is 1. The molecule has 0 radical (unpaired) electrons. The Labute approximate surface area is 118 Å². The van der Waals surface area contributed by atoms with Crippen molar-refractivity contribution in [2.75, 3.05) is 20.3 Å². The second kappa shape index (κ2) is 7.81.